The van der Waals surface area contributed by atoms with Gasteiger partial charge in [0.05, 0.1) is 4.92 Å². The summed E-state index contributed by atoms with van der Waals surface area (Å²) in [5.74, 6) is -0.0998. The number of nitrogen functional groups attached to an aromatic ring is 1. The third-order valence-electron chi connectivity index (χ3n) is 3.67. The van der Waals surface area contributed by atoms with Gasteiger partial charge in [-0.15, -0.1) is 0 Å². The van der Waals surface area contributed by atoms with E-state index >= 15 is 0 Å². The van der Waals surface area contributed by atoms with E-state index in [4.69, 9.17) is 10.8 Å². The van der Waals surface area contributed by atoms with E-state index in [1.165, 1.54) is 6.07 Å². The molecule has 1 unspecified atom stereocenters. The number of carbonyl (C=O) groups excluding carboxylic acids is 1. The van der Waals surface area contributed by atoms with E-state index < -0.39 is 10.8 Å². The molecule has 1 amide bonds. The first-order valence-electron chi connectivity index (χ1n) is 6.83. The van der Waals surface area contributed by atoms with Gasteiger partial charge < -0.3 is 15.7 Å². The Morgan fingerprint density at radius 3 is 3.05 bits per heavy atom. The van der Waals surface area contributed by atoms with Crippen molar-refractivity contribution < 1.29 is 14.8 Å². The number of nitrogens with two attached hydrogens (primary N) is 1. The number of nitro groups is 1. The highest BCUT2D eigenvalue weighted by molar-refractivity contribution is 5.98. The molecule has 0 aliphatic carbocycles. The van der Waals surface area contributed by atoms with Crippen molar-refractivity contribution in [3.8, 4) is 0 Å². The number of carbonyl (C=O) groups is 1. The smallest absolute Gasteiger partial charge is 0.300 e. The minimum absolute atomic E-state index is 0.0304. The molecule has 2 rings (SSSR count). The Balaban J connectivity index is 2.23. The minimum atomic E-state index is -0.630. The summed E-state index contributed by atoms with van der Waals surface area (Å²) in [6.07, 6.45) is 3.41. The summed E-state index contributed by atoms with van der Waals surface area (Å²) in [6.45, 7) is 1.13. The number of anilines is 1. The fourth-order valence-corrected chi connectivity index (χ4v) is 2.62. The number of aliphatic hydroxyl groups excluding tert-OH is 1. The summed E-state index contributed by atoms with van der Waals surface area (Å²) >= 11 is 0. The largest absolute Gasteiger partial charge is 0.396 e. The van der Waals surface area contributed by atoms with Gasteiger partial charge in [0.25, 0.3) is 11.6 Å². The Hall–Kier alpha value is -2.22. The van der Waals surface area contributed by atoms with Gasteiger partial charge >= 0.3 is 0 Å². The molecule has 1 aliphatic rings. The molecule has 1 fully saturated rings. The van der Waals surface area contributed by atoms with Crippen LogP contribution in [0.25, 0.3) is 0 Å². The zero-order valence-corrected chi connectivity index (χ0v) is 11.6. The number of amides is 1. The van der Waals surface area contributed by atoms with Gasteiger partial charge in [-0.05, 0) is 31.2 Å². The van der Waals surface area contributed by atoms with Crippen LogP contribution in [0.4, 0.5) is 11.5 Å². The maximum Gasteiger partial charge on any atom is 0.300 e. The van der Waals surface area contributed by atoms with E-state index in [-0.39, 0.29) is 29.6 Å². The molecule has 8 nitrogen and oxygen atoms in total. The van der Waals surface area contributed by atoms with Gasteiger partial charge in [-0.3, -0.25) is 14.9 Å². The van der Waals surface area contributed by atoms with Crippen LogP contribution in [-0.2, 0) is 0 Å². The van der Waals surface area contributed by atoms with Crippen molar-refractivity contribution in [1.82, 2.24) is 9.88 Å². The summed E-state index contributed by atoms with van der Waals surface area (Å²) in [6, 6.07) is 1.25. The van der Waals surface area contributed by atoms with Crippen LogP contribution in [0.5, 0.6) is 0 Å². The molecular formula is C13H18N4O4. The van der Waals surface area contributed by atoms with E-state index in [9.17, 15) is 14.9 Å². The second kappa shape index (κ2) is 6.49. The highest BCUT2D eigenvalue weighted by Crippen LogP contribution is 2.25. The SMILES string of the molecule is Nc1cc(C(=O)N2CCCC(CCO)C2)c([N+](=O)[O-])cn1. The summed E-state index contributed by atoms with van der Waals surface area (Å²) < 4.78 is 0. The van der Waals surface area contributed by atoms with Crippen LogP contribution in [0, 0.1) is 16.0 Å². The first kappa shape index (κ1) is 15.2. The second-order valence-electron chi connectivity index (χ2n) is 5.16. The molecule has 1 saturated heterocycles. The van der Waals surface area contributed by atoms with Crippen molar-refractivity contribution in [2.24, 2.45) is 5.92 Å². The molecule has 21 heavy (non-hydrogen) atoms. The van der Waals surface area contributed by atoms with Gasteiger partial charge in [0, 0.05) is 19.7 Å². The number of nitrogens with zero attached hydrogens (tertiary/aromatic N) is 3. The first-order valence-corrected chi connectivity index (χ1v) is 6.83. The lowest BCUT2D eigenvalue weighted by Crippen LogP contribution is -2.40. The Morgan fingerprint density at radius 2 is 2.38 bits per heavy atom. The number of piperidine rings is 1. The van der Waals surface area contributed by atoms with E-state index in [0.29, 0.717) is 19.5 Å². The van der Waals surface area contributed by atoms with Gasteiger partial charge in [-0.25, -0.2) is 4.98 Å². The molecule has 114 valence electrons. The molecule has 2 heterocycles. The summed E-state index contributed by atoms with van der Waals surface area (Å²) in [5, 5.41) is 20.0. The molecule has 1 aromatic heterocycles. The Bertz CT molecular complexity index is 547. The molecule has 8 heteroatoms. The van der Waals surface area contributed by atoms with E-state index in [1.807, 2.05) is 0 Å². The number of rotatable bonds is 4. The maximum atomic E-state index is 12.5. The molecule has 3 N–H and O–H groups in total. The van der Waals surface area contributed by atoms with Gasteiger partial charge in [0.1, 0.15) is 17.6 Å². The van der Waals surface area contributed by atoms with Gasteiger partial charge in [-0.2, -0.15) is 0 Å². The minimum Gasteiger partial charge on any atom is -0.396 e. The van der Waals surface area contributed by atoms with Crippen molar-refractivity contribution >= 4 is 17.4 Å². The van der Waals surface area contributed by atoms with Crippen LogP contribution in [0.3, 0.4) is 0 Å². The number of hydrogen-bond donors (Lipinski definition) is 2. The summed E-state index contributed by atoms with van der Waals surface area (Å²) in [7, 11) is 0. The zero-order chi connectivity index (χ0) is 15.4. The highest BCUT2D eigenvalue weighted by atomic mass is 16.6. The molecule has 0 saturated carbocycles. The number of pyridine rings is 1. The van der Waals surface area contributed by atoms with Crippen molar-refractivity contribution in [3.63, 3.8) is 0 Å². The van der Waals surface area contributed by atoms with Crippen molar-refractivity contribution in [2.75, 3.05) is 25.4 Å². The predicted molar refractivity (Wildman–Crippen MR) is 75.6 cm³/mol. The lowest BCUT2D eigenvalue weighted by molar-refractivity contribution is -0.385. The first-order chi connectivity index (χ1) is 10.0. The van der Waals surface area contributed by atoms with Crippen LogP contribution in [0.1, 0.15) is 29.6 Å². The van der Waals surface area contributed by atoms with Crippen LogP contribution in [-0.4, -0.2) is 45.5 Å². The van der Waals surface area contributed by atoms with Gasteiger partial charge in [-0.1, -0.05) is 0 Å². The average Bonchev–Trinajstić information content (AvgIpc) is 2.46. The fourth-order valence-electron chi connectivity index (χ4n) is 2.62. The number of likely N-dealkylation sites (tertiary alicyclic amines) is 1. The second-order valence-corrected chi connectivity index (χ2v) is 5.16. The number of aromatic nitrogens is 1. The molecule has 0 spiro atoms. The molecule has 1 aromatic rings. The van der Waals surface area contributed by atoms with Crippen LogP contribution >= 0.6 is 0 Å². The van der Waals surface area contributed by atoms with Crippen molar-refractivity contribution in [1.29, 1.82) is 0 Å². The molecule has 0 aromatic carbocycles. The molecular weight excluding hydrogens is 276 g/mol. The van der Waals surface area contributed by atoms with Crippen molar-refractivity contribution in [2.45, 2.75) is 19.3 Å². The number of hydrogen-bond acceptors (Lipinski definition) is 6. The normalized spacial score (nSPS) is 18.5. The van der Waals surface area contributed by atoms with Crippen molar-refractivity contribution in [3.05, 3.63) is 27.9 Å². The monoisotopic (exact) mass is 294 g/mol. The molecule has 0 bridgehead atoms. The third-order valence-corrected chi connectivity index (χ3v) is 3.67. The number of aliphatic hydroxyl groups is 1. The summed E-state index contributed by atoms with van der Waals surface area (Å²) in [4.78, 5) is 28.1. The van der Waals surface area contributed by atoms with Crippen LogP contribution < -0.4 is 5.73 Å². The molecule has 1 aliphatic heterocycles. The lowest BCUT2D eigenvalue weighted by atomic mass is 9.94. The quantitative estimate of drug-likeness (QED) is 0.625. The third kappa shape index (κ3) is 3.46. The van der Waals surface area contributed by atoms with Crippen LogP contribution in [0.2, 0.25) is 0 Å². The van der Waals surface area contributed by atoms with E-state index in [0.717, 1.165) is 19.0 Å². The van der Waals surface area contributed by atoms with E-state index in [2.05, 4.69) is 4.98 Å². The fraction of sp³-hybridized carbons (Fsp3) is 0.538. The summed E-state index contributed by atoms with van der Waals surface area (Å²) in [5.41, 5.74) is 5.17. The Labute approximate surface area is 121 Å². The lowest BCUT2D eigenvalue weighted by Gasteiger charge is -2.32. The maximum absolute atomic E-state index is 12.5. The van der Waals surface area contributed by atoms with E-state index in [1.54, 1.807) is 4.90 Å². The van der Waals surface area contributed by atoms with Crippen LogP contribution in [0.15, 0.2) is 12.3 Å². The topological polar surface area (TPSA) is 123 Å². The molecule has 0 radical (unpaired) electrons. The van der Waals surface area contributed by atoms with Gasteiger partial charge in [0.2, 0.25) is 0 Å². The predicted octanol–water partition coefficient (Wildman–Crippen LogP) is 0.807. The average molecular weight is 294 g/mol. The Kier molecular flexibility index (Phi) is 4.69. The zero-order valence-electron chi connectivity index (χ0n) is 11.6. The molecule has 1 atom stereocenters. The van der Waals surface area contributed by atoms with Gasteiger partial charge in [0.15, 0.2) is 0 Å². The highest BCUT2D eigenvalue weighted by Gasteiger charge is 2.29. The Morgan fingerprint density at radius 1 is 1.62 bits per heavy atom. The standard InChI is InChI=1S/C13H18N4O4/c14-12-6-10(11(7-15-12)17(20)21)13(19)16-4-1-2-9(8-16)3-5-18/h6-7,9,18H,1-5,8H2,(H2,14,15).